The molecule has 1 aromatic heterocycles. The molecule has 0 radical (unpaired) electrons. The van der Waals surface area contributed by atoms with Crippen molar-refractivity contribution in [3.63, 3.8) is 0 Å². The van der Waals surface area contributed by atoms with Gasteiger partial charge in [0.25, 0.3) is 0 Å². The van der Waals surface area contributed by atoms with Crippen LogP contribution in [0.3, 0.4) is 0 Å². The van der Waals surface area contributed by atoms with Crippen molar-refractivity contribution in [2.75, 3.05) is 7.11 Å². The molecule has 7 heteroatoms. The fourth-order valence-corrected chi connectivity index (χ4v) is 3.60. The highest BCUT2D eigenvalue weighted by atomic mass is 35.5. The molecule has 0 aliphatic rings. The number of ether oxygens (including phenoxy) is 1. The van der Waals surface area contributed by atoms with Crippen LogP contribution in [0.4, 0.5) is 4.39 Å². The van der Waals surface area contributed by atoms with E-state index in [1.165, 1.54) is 13.2 Å². The lowest BCUT2D eigenvalue weighted by Gasteiger charge is -2.14. The molecule has 0 unspecified atom stereocenters. The SMILES string of the molecule is COC(=O)c1nc(-c2ccccc2)n(-c2cccc(Cl)c2)c1-c1cccc(Cl)c1F. The normalized spacial score (nSPS) is 10.8. The molecule has 0 aliphatic heterocycles. The second kappa shape index (κ2) is 8.30. The van der Waals surface area contributed by atoms with Gasteiger partial charge in [-0.1, -0.05) is 65.7 Å². The molecule has 1 heterocycles. The molecule has 4 nitrogen and oxygen atoms in total. The number of esters is 1. The Morgan fingerprint density at radius 2 is 1.73 bits per heavy atom. The Hall–Kier alpha value is -3.15. The standard InChI is InChI=1S/C23H15Cl2FN2O2/c1-30-23(29)20-21(17-11-6-12-18(25)19(17)26)28(16-10-5-9-15(24)13-16)22(27-20)14-7-3-2-4-8-14/h2-13H,1H3. The van der Waals surface area contributed by atoms with Crippen molar-refractivity contribution in [3.8, 4) is 28.3 Å². The maximum absolute atomic E-state index is 15.1. The summed E-state index contributed by atoms with van der Waals surface area (Å²) in [5, 5.41) is 0.417. The minimum absolute atomic E-state index is 0.0301. The van der Waals surface area contributed by atoms with Crippen molar-refractivity contribution in [2.45, 2.75) is 0 Å². The van der Waals surface area contributed by atoms with Gasteiger partial charge in [-0.2, -0.15) is 0 Å². The lowest BCUT2D eigenvalue weighted by Crippen LogP contribution is -2.06. The molecule has 0 saturated heterocycles. The molecule has 3 aromatic carbocycles. The summed E-state index contributed by atoms with van der Waals surface area (Å²) in [6, 6.07) is 20.9. The average Bonchev–Trinajstić information content (AvgIpc) is 3.16. The van der Waals surface area contributed by atoms with E-state index in [1.807, 2.05) is 30.3 Å². The number of methoxy groups -OCH3 is 1. The Kier molecular flexibility index (Phi) is 5.57. The highest BCUT2D eigenvalue weighted by Crippen LogP contribution is 2.37. The molecule has 0 amide bonds. The zero-order valence-electron chi connectivity index (χ0n) is 15.8. The molecule has 0 N–H and O–H groups in total. The van der Waals surface area contributed by atoms with Gasteiger partial charge in [-0.3, -0.25) is 4.57 Å². The van der Waals surface area contributed by atoms with Gasteiger partial charge >= 0.3 is 5.97 Å². The fraction of sp³-hybridized carbons (Fsp3) is 0.0435. The maximum Gasteiger partial charge on any atom is 0.358 e. The van der Waals surface area contributed by atoms with Crippen LogP contribution in [-0.4, -0.2) is 22.6 Å². The van der Waals surface area contributed by atoms with Crippen molar-refractivity contribution in [2.24, 2.45) is 0 Å². The highest BCUT2D eigenvalue weighted by Gasteiger charge is 2.28. The van der Waals surface area contributed by atoms with E-state index in [9.17, 15) is 4.79 Å². The predicted octanol–water partition coefficient (Wildman–Crippen LogP) is 6.44. The van der Waals surface area contributed by atoms with Gasteiger partial charge in [-0.15, -0.1) is 0 Å². The van der Waals surface area contributed by atoms with Crippen molar-refractivity contribution in [1.29, 1.82) is 0 Å². The van der Waals surface area contributed by atoms with Gasteiger partial charge in [0.1, 0.15) is 5.82 Å². The maximum atomic E-state index is 15.1. The topological polar surface area (TPSA) is 44.1 Å². The largest absolute Gasteiger partial charge is 0.464 e. The summed E-state index contributed by atoms with van der Waals surface area (Å²) in [6.07, 6.45) is 0. The lowest BCUT2D eigenvalue weighted by atomic mass is 10.1. The molecular weight excluding hydrogens is 426 g/mol. The number of benzene rings is 3. The van der Waals surface area contributed by atoms with Gasteiger partial charge in [0.15, 0.2) is 11.5 Å². The Morgan fingerprint density at radius 3 is 2.43 bits per heavy atom. The van der Waals surface area contributed by atoms with Crippen LogP contribution in [-0.2, 0) is 4.74 Å². The van der Waals surface area contributed by atoms with Crippen LogP contribution in [0.2, 0.25) is 10.0 Å². The molecule has 0 aliphatic carbocycles. The third-order valence-electron chi connectivity index (χ3n) is 4.56. The van der Waals surface area contributed by atoms with E-state index in [0.717, 1.165) is 5.56 Å². The number of aromatic nitrogens is 2. The summed E-state index contributed by atoms with van der Waals surface area (Å²) in [5.74, 6) is -0.915. The Morgan fingerprint density at radius 1 is 1.00 bits per heavy atom. The first-order valence-electron chi connectivity index (χ1n) is 8.98. The Bertz CT molecular complexity index is 1240. The molecule has 0 fully saturated rings. The second-order valence-corrected chi connectivity index (χ2v) is 7.25. The van der Waals surface area contributed by atoms with E-state index in [2.05, 4.69) is 4.98 Å². The van der Waals surface area contributed by atoms with Crippen molar-refractivity contribution >= 4 is 29.2 Å². The highest BCUT2D eigenvalue weighted by molar-refractivity contribution is 6.31. The molecule has 30 heavy (non-hydrogen) atoms. The summed E-state index contributed by atoms with van der Waals surface area (Å²) in [7, 11) is 1.25. The quantitative estimate of drug-likeness (QED) is 0.343. The van der Waals surface area contributed by atoms with E-state index in [1.54, 1.807) is 41.0 Å². The van der Waals surface area contributed by atoms with Gasteiger partial charge in [-0.05, 0) is 30.3 Å². The minimum atomic E-state index is -0.692. The summed E-state index contributed by atoms with van der Waals surface area (Å²) in [4.78, 5) is 17.2. The molecule has 0 saturated carbocycles. The minimum Gasteiger partial charge on any atom is -0.464 e. The predicted molar refractivity (Wildman–Crippen MR) is 116 cm³/mol. The van der Waals surface area contributed by atoms with Crippen LogP contribution < -0.4 is 0 Å². The molecule has 0 atom stereocenters. The van der Waals surface area contributed by atoms with Gasteiger partial charge < -0.3 is 4.74 Å². The van der Waals surface area contributed by atoms with E-state index in [0.29, 0.717) is 16.5 Å². The monoisotopic (exact) mass is 440 g/mol. The van der Waals surface area contributed by atoms with Gasteiger partial charge in [0, 0.05) is 21.8 Å². The molecule has 0 spiro atoms. The second-order valence-electron chi connectivity index (χ2n) is 6.41. The average molecular weight is 441 g/mol. The van der Waals surface area contributed by atoms with Gasteiger partial charge in [0.2, 0.25) is 0 Å². The molecular formula is C23H15Cl2FN2O2. The number of rotatable bonds is 4. The van der Waals surface area contributed by atoms with Crippen molar-refractivity contribution in [3.05, 3.63) is 94.4 Å². The molecule has 4 aromatic rings. The van der Waals surface area contributed by atoms with Crippen LogP contribution in [0.5, 0.6) is 0 Å². The Balaban J connectivity index is 2.15. The summed E-state index contributed by atoms with van der Waals surface area (Å²) in [5.41, 5.74) is 1.66. The lowest BCUT2D eigenvalue weighted by molar-refractivity contribution is 0.0595. The van der Waals surface area contributed by atoms with Gasteiger partial charge in [-0.25, -0.2) is 14.2 Å². The van der Waals surface area contributed by atoms with Crippen molar-refractivity contribution in [1.82, 2.24) is 9.55 Å². The van der Waals surface area contributed by atoms with E-state index < -0.39 is 11.8 Å². The fourth-order valence-electron chi connectivity index (χ4n) is 3.24. The van der Waals surface area contributed by atoms with Crippen LogP contribution in [0.1, 0.15) is 10.5 Å². The van der Waals surface area contributed by atoms with Crippen molar-refractivity contribution < 1.29 is 13.9 Å². The Labute approximate surface area is 182 Å². The number of halogens is 3. The number of hydrogen-bond acceptors (Lipinski definition) is 3. The summed E-state index contributed by atoms with van der Waals surface area (Å²) < 4.78 is 21.7. The number of carbonyl (C=O) groups excluding carboxylic acids is 1. The molecule has 0 bridgehead atoms. The first kappa shape index (κ1) is 20.1. The number of nitrogens with zero attached hydrogens (tertiary/aromatic N) is 2. The zero-order chi connectivity index (χ0) is 21.3. The van der Waals surface area contributed by atoms with Crippen LogP contribution in [0.15, 0.2) is 72.8 Å². The number of hydrogen-bond donors (Lipinski definition) is 0. The third kappa shape index (κ3) is 3.58. The summed E-state index contributed by atoms with van der Waals surface area (Å²) >= 11 is 12.3. The van der Waals surface area contributed by atoms with E-state index in [-0.39, 0.29) is 22.0 Å². The van der Waals surface area contributed by atoms with E-state index >= 15 is 4.39 Å². The third-order valence-corrected chi connectivity index (χ3v) is 5.09. The van der Waals surface area contributed by atoms with E-state index in [4.69, 9.17) is 27.9 Å². The van der Waals surface area contributed by atoms with Crippen LogP contribution in [0, 0.1) is 5.82 Å². The first-order valence-corrected chi connectivity index (χ1v) is 9.73. The number of carbonyl (C=O) groups is 1. The first-order chi connectivity index (χ1) is 14.5. The van der Waals surface area contributed by atoms with Gasteiger partial charge in [0.05, 0.1) is 17.8 Å². The molecule has 4 rings (SSSR count). The molecule has 150 valence electrons. The van der Waals surface area contributed by atoms with Crippen LogP contribution in [0.25, 0.3) is 28.3 Å². The number of imidazole rings is 1. The smallest absolute Gasteiger partial charge is 0.358 e. The summed E-state index contributed by atoms with van der Waals surface area (Å²) in [6.45, 7) is 0. The zero-order valence-corrected chi connectivity index (χ0v) is 17.3. The van der Waals surface area contributed by atoms with Crippen LogP contribution >= 0.6 is 23.2 Å².